The molecule has 0 atom stereocenters. The Hall–Kier alpha value is -3.04. The molecule has 0 radical (unpaired) electrons. The maximum absolute atomic E-state index is 13.2. The molecule has 192 valence electrons. The molecule has 2 saturated carbocycles. The van der Waals surface area contributed by atoms with Gasteiger partial charge in [-0.3, -0.25) is 14.3 Å². The van der Waals surface area contributed by atoms with Crippen molar-refractivity contribution in [2.24, 2.45) is 5.41 Å². The molecule has 1 aromatic carbocycles. The molecule has 1 saturated heterocycles. The summed E-state index contributed by atoms with van der Waals surface area (Å²) < 4.78 is 15.5. The Morgan fingerprint density at radius 3 is 2.57 bits per heavy atom. The first-order valence-corrected chi connectivity index (χ1v) is 13.2. The smallest absolute Gasteiger partial charge is 0.242 e. The van der Waals surface area contributed by atoms with Gasteiger partial charge in [0.15, 0.2) is 5.82 Å². The lowest BCUT2D eigenvalue weighted by Crippen LogP contribution is -2.62. The van der Waals surface area contributed by atoms with Crippen molar-refractivity contribution in [3.63, 3.8) is 0 Å². The number of pyridine rings is 1. The van der Waals surface area contributed by atoms with Crippen LogP contribution in [0.1, 0.15) is 48.8 Å². The Balaban J connectivity index is 1.16. The summed E-state index contributed by atoms with van der Waals surface area (Å²) in [5.41, 5.74) is 1.93. The Labute approximate surface area is 220 Å². The van der Waals surface area contributed by atoms with Crippen LogP contribution in [-0.2, 0) is 17.9 Å². The zero-order valence-electron chi connectivity index (χ0n) is 21.0. The van der Waals surface area contributed by atoms with Crippen molar-refractivity contribution in [1.82, 2.24) is 29.5 Å². The van der Waals surface area contributed by atoms with Crippen LogP contribution in [0, 0.1) is 11.2 Å². The molecule has 0 bridgehead atoms. The van der Waals surface area contributed by atoms with Crippen LogP contribution in [0.25, 0.3) is 5.69 Å². The molecule has 0 unspecified atom stereocenters. The standard InChI is InChI=1S/C27H29ClFN7O/c1-33(2)25(37)27(7-8-27)35-13-17-9-19(28)3-5-21(17)36-23(14-35)31-32-24(36)18-10-26(11-18)15-34(16-26)22-6-4-20(29)12-30-22/h3-6,9,12,18H,7-8,10-11,13-16H2,1-2H3. The molecule has 2 aliphatic carbocycles. The fourth-order valence-electron chi connectivity index (χ4n) is 6.70. The number of amides is 1. The predicted octanol–water partition coefficient (Wildman–Crippen LogP) is 3.78. The van der Waals surface area contributed by atoms with E-state index in [0.29, 0.717) is 24.0 Å². The number of hydrogen-bond acceptors (Lipinski definition) is 6. The molecule has 4 aliphatic rings. The van der Waals surface area contributed by atoms with Crippen LogP contribution < -0.4 is 4.90 Å². The van der Waals surface area contributed by atoms with E-state index in [0.717, 1.165) is 67.5 Å². The molecule has 7 rings (SSSR count). The number of aromatic nitrogens is 4. The summed E-state index contributed by atoms with van der Waals surface area (Å²) in [7, 11) is 3.65. The van der Waals surface area contributed by atoms with Gasteiger partial charge in [0.05, 0.1) is 18.4 Å². The first-order valence-electron chi connectivity index (χ1n) is 12.8. The number of hydrogen-bond donors (Lipinski definition) is 0. The molecule has 4 heterocycles. The van der Waals surface area contributed by atoms with Gasteiger partial charge in [0.1, 0.15) is 23.0 Å². The number of nitrogens with zero attached hydrogens (tertiary/aromatic N) is 7. The lowest BCUT2D eigenvalue weighted by Gasteiger charge is -2.59. The van der Waals surface area contributed by atoms with Gasteiger partial charge in [0.25, 0.3) is 0 Å². The van der Waals surface area contributed by atoms with Gasteiger partial charge < -0.3 is 9.80 Å². The van der Waals surface area contributed by atoms with Crippen LogP contribution in [0.4, 0.5) is 10.2 Å². The highest BCUT2D eigenvalue weighted by Crippen LogP contribution is 2.57. The Morgan fingerprint density at radius 1 is 1.11 bits per heavy atom. The topological polar surface area (TPSA) is 70.4 Å². The summed E-state index contributed by atoms with van der Waals surface area (Å²) in [5, 5.41) is 10.0. The molecule has 3 aromatic rings. The summed E-state index contributed by atoms with van der Waals surface area (Å²) in [6.07, 6.45) is 5.06. The van der Waals surface area contributed by atoms with Crippen LogP contribution in [-0.4, -0.2) is 68.2 Å². The van der Waals surface area contributed by atoms with Gasteiger partial charge in [-0.15, -0.1) is 10.2 Å². The van der Waals surface area contributed by atoms with Gasteiger partial charge in [0.2, 0.25) is 5.91 Å². The molecule has 8 nitrogen and oxygen atoms in total. The highest BCUT2D eigenvalue weighted by Gasteiger charge is 2.57. The first-order chi connectivity index (χ1) is 17.8. The van der Waals surface area contributed by atoms with Crippen LogP contribution in [0.3, 0.4) is 0 Å². The van der Waals surface area contributed by atoms with Crippen molar-refractivity contribution >= 4 is 23.3 Å². The van der Waals surface area contributed by atoms with Crippen LogP contribution >= 0.6 is 11.6 Å². The number of likely N-dealkylation sites (N-methyl/N-ethyl adjacent to an activating group) is 1. The van der Waals surface area contributed by atoms with Gasteiger partial charge in [-0.05, 0) is 61.6 Å². The average molecular weight is 522 g/mol. The van der Waals surface area contributed by atoms with Crippen molar-refractivity contribution in [1.29, 1.82) is 0 Å². The van der Waals surface area contributed by atoms with Gasteiger partial charge in [-0.25, -0.2) is 9.37 Å². The average Bonchev–Trinajstić information content (AvgIpc) is 3.56. The summed E-state index contributed by atoms with van der Waals surface area (Å²) in [5.74, 6) is 2.86. The molecular weight excluding hydrogens is 493 g/mol. The monoisotopic (exact) mass is 521 g/mol. The van der Waals surface area contributed by atoms with E-state index < -0.39 is 5.54 Å². The number of halogens is 2. The third kappa shape index (κ3) is 3.58. The van der Waals surface area contributed by atoms with Crippen molar-refractivity contribution in [2.75, 3.05) is 32.1 Å². The van der Waals surface area contributed by atoms with E-state index in [-0.39, 0.29) is 17.1 Å². The fraction of sp³-hybridized carbons (Fsp3) is 0.481. The molecule has 10 heteroatoms. The predicted molar refractivity (Wildman–Crippen MR) is 137 cm³/mol. The van der Waals surface area contributed by atoms with Crippen molar-refractivity contribution in [2.45, 2.75) is 50.2 Å². The molecule has 3 fully saturated rings. The van der Waals surface area contributed by atoms with E-state index >= 15 is 0 Å². The van der Waals surface area contributed by atoms with Gasteiger partial charge >= 0.3 is 0 Å². The maximum atomic E-state index is 13.2. The molecule has 2 aliphatic heterocycles. The maximum Gasteiger partial charge on any atom is 0.242 e. The van der Waals surface area contributed by atoms with Gasteiger partial charge in [-0.1, -0.05) is 11.6 Å². The normalized spacial score (nSPS) is 21.5. The minimum Gasteiger partial charge on any atom is -0.355 e. The van der Waals surface area contributed by atoms with Crippen molar-refractivity contribution in [3.8, 4) is 5.69 Å². The quantitative estimate of drug-likeness (QED) is 0.520. The Morgan fingerprint density at radius 2 is 1.89 bits per heavy atom. The number of carbonyl (C=O) groups is 1. The minimum atomic E-state index is -0.478. The highest BCUT2D eigenvalue weighted by atomic mass is 35.5. The molecular formula is C27H29ClFN7O. The Kier molecular flexibility index (Phi) is 4.98. The molecule has 1 spiro atoms. The lowest BCUT2D eigenvalue weighted by atomic mass is 9.57. The van der Waals surface area contributed by atoms with Crippen LogP contribution in [0.5, 0.6) is 0 Å². The second-order valence-corrected chi connectivity index (χ2v) is 11.9. The second kappa shape index (κ2) is 7.98. The summed E-state index contributed by atoms with van der Waals surface area (Å²) in [6.45, 7) is 3.07. The van der Waals surface area contributed by atoms with E-state index in [1.54, 1.807) is 11.0 Å². The minimum absolute atomic E-state index is 0.149. The summed E-state index contributed by atoms with van der Waals surface area (Å²) >= 11 is 6.43. The van der Waals surface area contributed by atoms with E-state index in [9.17, 15) is 9.18 Å². The molecule has 1 amide bonds. The number of anilines is 1. The zero-order chi connectivity index (χ0) is 25.5. The highest BCUT2D eigenvalue weighted by molar-refractivity contribution is 6.30. The van der Waals surface area contributed by atoms with Crippen LogP contribution in [0.2, 0.25) is 5.02 Å². The Bertz CT molecular complexity index is 1390. The first kappa shape index (κ1) is 23.1. The third-order valence-corrected chi connectivity index (χ3v) is 8.91. The molecule has 2 aromatic heterocycles. The largest absolute Gasteiger partial charge is 0.355 e. The third-order valence-electron chi connectivity index (χ3n) is 8.68. The second-order valence-electron chi connectivity index (χ2n) is 11.5. The summed E-state index contributed by atoms with van der Waals surface area (Å²) in [4.78, 5) is 23.6. The van der Waals surface area contributed by atoms with E-state index in [1.165, 1.54) is 12.3 Å². The molecule has 0 N–H and O–H groups in total. The molecule has 37 heavy (non-hydrogen) atoms. The van der Waals surface area contributed by atoms with Crippen molar-refractivity contribution in [3.05, 3.63) is 64.6 Å². The fourth-order valence-corrected chi connectivity index (χ4v) is 6.89. The van der Waals surface area contributed by atoms with E-state index in [1.807, 2.05) is 26.2 Å². The number of carbonyl (C=O) groups excluding carboxylic acids is 1. The SMILES string of the molecule is CN(C)C(=O)C1(N2Cc3cc(Cl)ccc3-n3c(nnc3C3CC4(C3)CN(c3ccc(F)cn3)C4)C2)CC1. The summed E-state index contributed by atoms with van der Waals surface area (Å²) in [6, 6.07) is 9.21. The number of rotatable bonds is 4. The van der Waals surface area contributed by atoms with Crippen LogP contribution in [0.15, 0.2) is 36.5 Å². The lowest BCUT2D eigenvalue weighted by molar-refractivity contribution is -0.136. The number of benzene rings is 1. The number of fused-ring (bicyclic) bond motifs is 3. The van der Waals surface area contributed by atoms with Gasteiger partial charge in [0, 0.05) is 50.1 Å². The van der Waals surface area contributed by atoms with Crippen molar-refractivity contribution < 1.29 is 9.18 Å². The van der Waals surface area contributed by atoms with E-state index in [2.05, 4.69) is 30.5 Å². The zero-order valence-corrected chi connectivity index (χ0v) is 21.7. The van der Waals surface area contributed by atoms with E-state index in [4.69, 9.17) is 16.7 Å². The van der Waals surface area contributed by atoms with Gasteiger partial charge in [-0.2, -0.15) is 0 Å².